The summed E-state index contributed by atoms with van der Waals surface area (Å²) in [6.07, 6.45) is 0. The van der Waals surface area contributed by atoms with Crippen LogP contribution in [0.1, 0.15) is 15.9 Å². The van der Waals surface area contributed by atoms with Gasteiger partial charge in [0.2, 0.25) is 10.0 Å². The number of benzene rings is 2. The molecule has 0 aromatic heterocycles. The number of rotatable bonds is 6. The van der Waals surface area contributed by atoms with E-state index >= 15 is 0 Å². The second-order valence-electron chi connectivity index (χ2n) is 5.15. The molecule has 0 saturated carbocycles. The van der Waals surface area contributed by atoms with Gasteiger partial charge in [-0.2, -0.15) is 0 Å². The third-order valence-corrected chi connectivity index (χ3v) is 4.97. The molecule has 5 nitrogen and oxygen atoms in total. The Balaban J connectivity index is 1.90. The predicted molar refractivity (Wildman–Crippen MR) is 95.0 cm³/mol. The van der Waals surface area contributed by atoms with Crippen LogP contribution < -0.4 is 10.0 Å². The second kappa shape index (κ2) is 7.76. The van der Waals surface area contributed by atoms with Crippen molar-refractivity contribution >= 4 is 37.5 Å². The van der Waals surface area contributed by atoms with E-state index < -0.39 is 15.8 Å². The Kier molecular flexibility index (Phi) is 5.95. The Hall–Kier alpha value is -1.93. The SMILES string of the molecule is Cc1ccc(NS(=O)(=O)CCNC(=O)c2cccc(Br)c2)cc1F. The summed E-state index contributed by atoms with van der Waals surface area (Å²) in [5.74, 6) is -1.17. The molecule has 0 aliphatic heterocycles. The van der Waals surface area contributed by atoms with Crippen LogP contribution in [0.25, 0.3) is 0 Å². The Morgan fingerprint density at radius 1 is 1.21 bits per heavy atom. The first-order valence-electron chi connectivity index (χ1n) is 7.07. The molecule has 24 heavy (non-hydrogen) atoms. The van der Waals surface area contributed by atoms with Gasteiger partial charge in [-0.25, -0.2) is 12.8 Å². The van der Waals surface area contributed by atoms with Crippen molar-refractivity contribution in [3.8, 4) is 0 Å². The lowest BCUT2D eigenvalue weighted by molar-refractivity contribution is 0.0956. The zero-order chi connectivity index (χ0) is 17.7. The van der Waals surface area contributed by atoms with Gasteiger partial charge in [-0.15, -0.1) is 0 Å². The van der Waals surface area contributed by atoms with Crippen molar-refractivity contribution in [2.24, 2.45) is 0 Å². The van der Waals surface area contributed by atoms with Crippen LogP contribution in [0.15, 0.2) is 46.9 Å². The average molecular weight is 415 g/mol. The van der Waals surface area contributed by atoms with Crippen molar-refractivity contribution in [3.63, 3.8) is 0 Å². The molecule has 0 aliphatic rings. The number of anilines is 1. The summed E-state index contributed by atoms with van der Waals surface area (Å²) in [4.78, 5) is 11.9. The lowest BCUT2D eigenvalue weighted by Gasteiger charge is -2.10. The van der Waals surface area contributed by atoms with Crippen LogP contribution in [-0.4, -0.2) is 26.6 Å². The van der Waals surface area contributed by atoms with Gasteiger partial charge in [-0.3, -0.25) is 9.52 Å². The normalized spacial score (nSPS) is 11.1. The van der Waals surface area contributed by atoms with Crippen molar-refractivity contribution in [2.45, 2.75) is 6.92 Å². The lowest BCUT2D eigenvalue weighted by Crippen LogP contribution is -2.31. The molecule has 0 aliphatic carbocycles. The summed E-state index contributed by atoms with van der Waals surface area (Å²) in [6, 6.07) is 10.8. The molecule has 0 spiro atoms. The molecule has 0 unspecified atom stereocenters. The minimum atomic E-state index is -3.69. The summed E-state index contributed by atoms with van der Waals surface area (Å²) in [5.41, 5.74) is 1.01. The fraction of sp³-hybridized carbons (Fsp3) is 0.188. The molecule has 0 heterocycles. The Bertz CT molecular complexity index is 856. The number of nitrogens with one attached hydrogen (secondary N) is 2. The second-order valence-corrected chi connectivity index (χ2v) is 7.91. The van der Waals surface area contributed by atoms with Gasteiger partial charge in [0, 0.05) is 16.6 Å². The highest BCUT2D eigenvalue weighted by atomic mass is 79.9. The van der Waals surface area contributed by atoms with E-state index in [1.165, 1.54) is 12.1 Å². The van der Waals surface area contributed by atoms with Gasteiger partial charge in [0.15, 0.2) is 0 Å². The van der Waals surface area contributed by atoms with E-state index in [1.807, 2.05) is 0 Å². The van der Waals surface area contributed by atoms with Crippen LogP contribution in [-0.2, 0) is 10.0 Å². The zero-order valence-electron chi connectivity index (χ0n) is 12.8. The number of sulfonamides is 1. The standard InChI is InChI=1S/C16H16BrFN2O3S/c1-11-5-6-14(10-15(11)18)20-24(22,23)8-7-19-16(21)12-3-2-4-13(17)9-12/h2-6,9-10,20H,7-8H2,1H3,(H,19,21). The Labute approximate surface area is 148 Å². The first-order valence-corrected chi connectivity index (χ1v) is 9.52. The number of hydrogen-bond donors (Lipinski definition) is 2. The molecule has 128 valence electrons. The summed E-state index contributed by atoms with van der Waals surface area (Å²) >= 11 is 3.26. The molecule has 8 heteroatoms. The van der Waals surface area contributed by atoms with E-state index in [1.54, 1.807) is 31.2 Å². The van der Waals surface area contributed by atoms with Gasteiger partial charge >= 0.3 is 0 Å². The molecule has 0 radical (unpaired) electrons. The van der Waals surface area contributed by atoms with E-state index in [9.17, 15) is 17.6 Å². The number of carbonyl (C=O) groups excluding carboxylic acids is 1. The van der Waals surface area contributed by atoms with Crippen LogP contribution in [0.2, 0.25) is 0 Å². The quantitative estimate of drug-likeness (QED) is 0.762. The summed E-state index contributed by atoms with van der Waals surface area (Å²) in [7, 11) is -3.69. The van der Waals surface area contributed by atoms with Gasteiger partial charge in [0.05, 0.1) is 11.4 Å². The highest BCUT2D eigenvalue weighted by Gasteiger charge is 2.13. The molecule has 2 aromatic rings. The van der Waals surface area contributed by atoms with Gasteiger partial charge in [0.25, 0.3) is 5.91 Å². The first kappa shape index (κ1) is 18.4. The van der Waals surface area contributed by atoms with Crippen molar-refractivity contribution in [1.29, 1.82) is 0 Å². The Morgan fingerprint density at radius 3 is 2.62 bits per heavy atom. The van der Waals surface area contributed by atoms with Crippen LogP contribution in [0, 0.1) is 12.7 Å². The molecule has 2 rings (SSSR count). The number of hydrogen-bond acceptors (Lipinski definition) is 3. The number of aryl methyl sites for hydroxylation is 1. The highest BCUT2D eigenvalue weighted by molar-refractivity contribution is 9.10. The monoisotopic (exact) mass is 414 g/mol. The van der Waals surface area contributed by atoms with Gasteiger partial charge in [-0.05, 0) is 42.8 Å². The van der Waals surface area contributed by atoms with E-state index in [4.69, 9.17) is 0 Å². The topological polar surface area (TPSA) is 75.3 Å². The average Bonchev–Trinajstić information content (AvgIpc) is 2.50. The molecule has 0 fully saturated rings. The maximum absolute atomic E-state index is 13.4. The van der Waals surface area contributed by atoms with Crippen LogP contribution in [0.5, 0.6) is 0 Å². The molecular weight excluding hydrogens is 399 g/mol. The van der Waals surface area contributed by atoms with Crippen LogP contribution in [0.3, 0.4) is 0 Å². The number of carbonyl (C=O) groups is 1. The van der Waals surface area contributed by atoms with E-state index in [2.05, 4.69) is 26.0 Å². The maximum atomic E-state index is 13.4. The molecule has 0 bridgehead atoms. The van der Waals surface area contributed by atoms with Crippen molar-refractivity contribution in [3.05, 3.63) is 63.9 Å². The van der Waals surface area contributed by atoms with E-state index in [-0.39, 0.29) is 23.9 Å². The molecule has 1 amide bonds. The summed E-state index contributed by atoms with van der Waals surface area (Å²) in [5, 5.41) is 2.54. The third kappa shape index (κ3) is 5.31. The maximum Gasteiger partial charge on any atom is 0.251 e. The van der Waals surface area contributed by atoms with Crippen molar-refractivity contribution in [1.82, 2.24) is 5.32 Å². The summed E-state index contributed by atoms with van der Waals surface area (Å²) in [6.45, 7) is 1.53. The van der Waals surface area contributed by atoms with E-state index in [0.29, 0.717) is 11.1 Å². The van der Waals surface area contributed by atoms with Gasteiger partial charge in [-0.1, -0.05) is 28.1 Å². The van der Waals surface area contributed by atoms with E-state index in [0.717, 1.165) is 10.5 Å². The van der Waals surface area contributed by atoms with Crippen molar-refractivity contribution in [2.75, 3.05) is 17.0 Å². The third-order valence-electron chi connectivity index (χ3n) is 3.19. The zero-order valence-corrected chi connectivity index (χ0v) is 15.2. The fourth-order valence-corrected chi connectivity index (χ4v) is 3.28. The number of halogens is 2. The van der Waals surface area contributed by atoms with Crippen molar-refractivity contribution < 1.29 is 17.6 Å². The first-order chi connectivity index (χ1) is 11.3. The molecule has 0 atom stereocenters. The largest absolute Gasteiger partial charge is 0.351 e. The number of amides is 1. The minimum Gasteiger partial charge on any atom is -0.351 e. The molecular formula is C16H16BrFN2O3S. The van der Waals surface area contributed by atoms with Crippen LogP contribution >= 0.6 is 15.9 Å². The molecule has 2 aromatic carbocycles. The summed E-state index contributed by atoms with van der Waals surface area (Å²) < 4.78 is 40.4. The predicted octanol–water partition coefficient (Wildman–Crippen LogP) is 3.07. The fourth-order valence-electron chi connectivity index (χ4n) is 1.92. The van der Waals surface area contributed by atoms with Gasteiger partial charge < -0.3 is 5.32 Å². The van der Waals surface area contributed by atoms with Crippen LogP contribution in [0.4, 0.5) is 10.1 Å². The smallest absolute Gasteiger partial charge is 0.251 e. The molecule has 0 saturated heterocycles. The highest BCUT2D eigenvalue weighted by Crippen LogP contribution is 2.15. The lowest BCUT2D eigenvalue weighted by atomic mass is 10.2. The minimum absolute atomic E-state index is 0.0605. The van der Waals surface area contributed by atoms with Gasteiger partial charge in [0.1, 0.15) is 5.82 Å². The molecule has 2 N–H and O–H groups in total. The Morgan fingerprint density at radius 2 is 1.96 bits per heavy atom.